The van der Waals surface area contributed by atoms with Gasteiger partial charge in [0.2, 0.25) is 5.91 Å². The zero-order valence-electron chi connectivity index (χ0n) is 15.0. The number of hydrogen-bond acceptors (Lipinski definition) is 4. The number of hydrogen-bond donors (Lipinski definition) is 2. The van der Waals surface area contributed by atoms with Gasteiger partial charge < -0.3 is 15.0 Å². The van der Waals surface area contributed by atoms with Crippen molar-refractivity contribution in [2.75, 3.05) is 11.5 Å². The van der Waals surface area contributed by atoms with Gasteiger partial charge in [0, 0.05) is 11.8 Å². The lowest BCUT2D eigenvalue weighted by atomic mass is 9.75. The lowest BCUT2D eigenvalue weighted by molar-refractivity contribution is -0.126. The Bertz CT molecular complexity index is 826. The molecule has 2 fully saturated rings. The minimum atomic E-state index is -0.547. The van der Waals surface area contributed by atoms with Crippen molar-refractivity contribution in [2.45, 2.75) is 43.1 Å². The van der Waals surface area contributed by atoms with Crippen LogP contribution in [0.15, 0.2) is 48.5 Å². The first-order valence-corrected chi connectivity index (χ1v) is 9.86. The molecule has 1 amide bonds. The first-order valence-electron chi connectivity index (χ1n) is 9.35. The van der Waals surface area contributed by atoms with E-state index in [2.05, 4.69) is 30.1 Å². The molecule has 1 aliphatic heterocycles. The number of carbonyl (C=O) groups excluding carboxylic acids is 1. The number of nitrogens with zero attached hydrogens (tertiary/aromatic N) is 1. The number of ether oxygens (including phenoxy) is 1. The second-order valence-electron chi connectivity index (χ2n) is 7.15. The smallest absolute Gasteiger partial charge is 0.248 e. The highest BCUT2D eigenvalue weighted by Crippen LogP contribution is 2.46. The number of aryl methyl sites for hydroxylation is 1. The Balaban J connectivity index is 1.44. The largest absolute Gasteiger partial charge is 0.490 e. The second-order valence-corrected chi connectivity index (χ2v) is 7.64. The number of amides is 1. The Labute approximate surface area is 164 Å². The van der Waals surface area contributed by atoms with Gasteiger partial charge in [0.1, 0.15) is 11.0 Å². The number of carbonyl (C=O) groups is 1. The Morgan fingerprint density at radius 2 is 2.00 bits per heavy atom. The van der Waals surface area contributed by atoms with E-state index < -0.39 is 16.9 Å². The maximum Gasteiger partial charge on any atom is 0.248 e. The summed E-state index contributed by atoms with van der Waals surface area (Å²) < 4.78 is 19.9. The highest BCUT2D eigenvalue weighted by molar-refractivity contribution is 7.81. The van der Waals surface area contributed by atoms with E-state index in [1.165, 1.54) is 11.6 Å². The quantitative estimate of drug-likeness (QED) is 0.584. The van der Waals surface area contributed by atoms with Crippen molar-refractivity contribution in [3.8, 4) is 5.75 Å². The third-order valence-electron chi connectivity index (χ3n) is 5.47. The van der Waals surface area contributed by atoms with Crippen LogP contribution >= 0.6 is 12.6 Å². The molecule has 2 aromatic rings. The molecule has 4 rings (SSSR count). The van der Waals surface area contributed by atoms with Gasteiger partial charge in [0.25, 0.3) is 0 Å². The van der Waals surface area contributed by atoms with Crippen LogP contribution in [0, 0.1) is 5.82 Å². The molecule has 142 valence electrons. The lowest BCUT2D eigenvalue weighted by Gasteiger charge is -2.44. The van der Waals surface area contributed by atoms with Gasteiger partial charge in [0.15, 0.2) is 11.6 Å². The highest BCUT2D eigenvalue weighted by atomic mass is 32.1. The summed E-state index contributed by atoms with van der Waals surface area (Å²) in [4.78, 5) is 14.3. The maximum absolute atomic E-state index is 14.2. The molecule has 6 heteroatoms. The second kappa shape index (κ2) is 7.43. The molecule has 0 aromatic heterocycles. The Kier molecular flexibility index (Phi) is 5.00. The molecule has 2 aromatic carbocycles. The van der Waals surface area contributed by atoms with E-state index in [1.54, 1.807) is 12.1 Å². The van der Waals surface area contributed by atoms with Crippen molar-refractivity contribution in [1.82, 2.24) is 5.32 Å². The molecule has 27 heavy (non-hydrogen) atoms. The summed E-state index contributed by atoms with van der Waals surface area (Å²) in [7, 11) is 0. The third kappa shape index (κ3) is 3.38. The molecule has 0 radical (unpaired) electrons. The summed E-state index contributed by atoms with van der Waals surface area (Å²) in [6, 6.07) is 14.9. The van der Waals surface area contributed by atoms with Crippen molar-refractivity contribution >= 4 is 24.2 Å². The van der Waals surface area contributed by atoms with Gasteiger partial charge in [-0.2, -0.15) is 0 Å². The molecular weight excluding hydrogens is 363 g/mol. The fourth-order valence-electron chi connectivity index (χ4n) is 3.88. The van der Waals surface area contributed by atoms with Gasteiger partial charge in [-0.15, -0.1) is 12.6 Å². The van der Waals surface area contributed by atoms with Crippen LogP contribution in [0.1, 0.15) is 31.2 Å². The molecule has 0 bridgehead atoms. The first-order chi connectivity index (χ1) is 13.1. The van der Waals surface area contributed by atoms with Gasteiger partial charge >= 0.3 is 0 Å². The van der Waals surface area contributed by atoms with Crippen LogP contribution in [0.3, 0.4) is 0 Å². The minimum absolute atomic E-state index is 0.00315. The molecule has 1 aliphatic carbocycles. The van der Waals surface area contributed by atoms with Crippen molar-refractivity contribution in [3.63, 3.8) is 0 Å². The molecule has 4 nitrogen and oxygen atoms in total. The van der Waals surface area contributed by atoms with Crippen molar-refractivity contribution < 1.29 is 13.9 Å². The summed E-state index contributed by atoms with van der Waals surface area (Å²) in [5.41, 5.74) is 1.04. The van der Waals surface area contributed by atoms with Gasteiger partial charge in [0.05, 0.1) is 6.61 Å². The fourth-order valence-corrected chi connectivity index (χ4v) is 4.35. The molecule has 1 spiro atoms. The van der Waals surface area contributed by atoms with Crippen LogP contribution < -0.4 is 15.0 Å². The monoisotopic (exact) mass is 386 g/mol. The van der Waals surface area contributed by atoms with E-state index in [4.69, 9.17) is 4.74 Å². The molecule has 1 heterocycles. The number of halogens is 1. The van der Waals surface area contributed by atoms with Crippen LogP contribution in [0.25, 0.3) is 0 Å². The zero-order valence-corrected chi connectivity index (χ0v) is 15.9. The molecule has 1 atom stereocenters. The molecule has 1 saturated carbocycles. The summed E-state index contributed by atoms with van der Waals surface area (Å²) in [5.74, 6) is -0.173. The molecular formula is C21H23FN2O2S. The van der Waals surface area contributed by atoms with E-state index in [0.29, 0.717) is 6.61 Å². The van der Waals surface area contributed by atoms with Crippen LogP contribution in [0.5, 0.6) is 5.75 Å². The maximum atomic E-state index is 14.2. The van der Waals surface area contributed by atoms with E-state index in [9.17, 15) is 9.18 Å². The van der Waals surface area contributed by atoms with E-state index in [1.807, 2.05) is 23.1 Å². The van der Waals surface area contributed by atoms with Crippen molar-refractivity contribution in [2.24, 2.45) is 0 Å². The van der Waals surface area contributed by atoms with Crippen molar-refractivity contribution in [1.29, 1.82) is 0 Å². The Morgan fingerprint density at radius 1 is 1.22 bits per heavy atom. The van der Waals surface area contributed by atoms with Crippen LogP contribution in [-0.4, -0.2) is 23.6 Å². The number of thiol groups is 1. The van der Waals surface area contributed by atoms with Gasteiger partial charge in [-0.25, -0.2) is 4.39 Å². The number of anilines is 1. The summed E-state index contributed by atoms with van der Waals surface area (Å²) in [6.45, 7) is 0.432. The normalized spacial score (nSPS) is 20.4. The van der Waals surface area contributed by atoms with Gasteiger partial charge in [-0.3, -0.25) is 4.79 Å². The van der Waals surface area contributed by atoms with E-state index >= 15 is 0 Å². The zero-order chi connectivity index (χ0) is 18.9. The molecule has 1 saturated heterocycles. The Hall–Kier alpha value is -2.21. The van der Waals surface area contributed by atoms with Crippen LogP contribution in [-0.2, 0) is 11.2 Å². The SMILES string of the molecule is O=C1NC(S)N(c2ccc(F)c(OCCCc3ccccc3)c2)C12CCC2. The summed E-state index contributed by atoms with van der Waals surface area (Å²) >= 11 is 4.50. The van der Waals surface area contributed by atoms with E-state index in [0.717, 1.165) is 37.8 Å². The average Bonchev–Trinajstić information content (AvgIpc) is 2.91. The lowest BCUT2D eigenvalue weighted by Crippen LogP contribution is -2.55. The minimum Gasteiger partial charge on any atom is -0.490 e. The van der Waals surface area contributed by atoms with Crippen molar-refractivity contribution in [3.05, 3.63) is 59.9 Å². The average molecular weight is 386 g/mol. The third-order valence-corrected chi connectivity index (χ3v) is 5.83. The van der Waals surface area contributed by atoms with Crippen LogP contribution in [0.4, 0.5) is 10.1 Å². The molecule has 1 unspecified atom stereocenters. The van der Waals surface area contributed by atoms with Crippen LogP contribution in [0.2, 0.25) is 0 Å². The predicted octanol–water partition coefficient (Wildman–Crippen LogP) is 3.91. The topological polar surface area (TPSA) is 41.6 Å². The number of benzene rings is 2. The standard InChI is InChI=1S/C21H23FN2O2S/c22-17-10-9-16(24-20(27)23-19(25)21(24)11-5-12-21)14-18(17)26-13-4-8-15-6-2-1-3-7-15/h1-3,6-7,9-10,14,20,27H,4-5,8,11-13H2,(H,23,25). The Morgan fingerprint density at radius 3 is 2.70 bits per heavy atom. The summed E-state index contributed by atoms with van der Waals surface area (Å²) in [6.07, 6.45) is 4.28. The summed E-state index contributed by atoms with van der Waals surface area (Å²) in [5, 5.41) is 2.88. The van der Waals surface area contributed by atoms with E-state index in [-0.39, 0.29) is 11.7 Å². The number of rotatable bonds is 6. The highest BCUT2D eigenvalue weighted by Gasteiger charge is 2.56. The van der Waals surface area contributed by atoms with Gasteiger partial charge in [-0.05, 0) is 49.8 Å². The molecule has 1 N–H and O–H groups in total. The first kappa shape index (κ1) is 18.2. The number of nitrogens with one attached hydrogen (secondary N) is 1. The fraction of sp³-hybridized carbons (Fsp3) is 0.381. The molecule has 2 aliphatic rings. The van der Waals surface area contributed by atoms with Gasteiger partial charge in [-0.1, -0.05) is 30.3 Å². The predicted molar refractivity (Wildman–Crippen MR) is 107 cm³/mol.